The van der Waals surface area contributed by atoms with Crippen molar-refractivity contribution < 1.29 is 9.47 Å². The summed E-state index contributed by atoms with van der Waals surface area (Å²) in [7, 11) is 1.83. The number of hydrogen-bond acceptors (Lipinski definition) is 4. The fourth-order valence-electron chi connectivity index (χ4n) is 3.96. The van der Waals surface area contributed by atoms with Gasteiger partial charge in [-0.1, -0.05) is 13.8 Å². The van der Waals surface area contributed by atoms with E-state index in [1.165, 1.54) is 12.8 Å². The highest BCUT2D eigenvalue weighted by Crippen LogP contribution is 2.34. The number of nitrogens with one attached hydrogen (secondary N) is 2. The molecule has 0 aromatic heterocycles. The van der Waals surface area contributed by atoms with Crippen LogP contribution in [0, 0.1) is 5.92 Å². The third-order valence-corrected chi connectivity index (χ3v) is 5.00. The van der Waals surface area contributed by atoms with Crippen LogP contribution in [-0.4, -0.2) is 75.0 Å². The third-order valence-electron chi connectivity index (χ3n) is 5.00. The molecule has 0 aliphatic carbocycles. The summed E-state index contributed by atoms with van der Waals surface area (Å²) < 4.78 is 11.8. The Morgan fingerprint density at radius 3 is 2.79 bits per heavy atom. The topological polar surface area (TPSA) is 58.1 Å². The van der Waals surface area contributed by atoms with Gasteiger partial charge in [-0.3, -0.25) is 9.89 Å². The quantitative estimate of drug-likeness (QED) is 0.376. The molecular weight excluding hydrogens is 419 g/mol. The standard InChI is InChI=1S/C17H32N4O2.HI/c1-12(2)10-21-6-7-22-14(11-21)9-19-17(18-3)20-15-8-13-4-5-16(15)23-13;/h12-16H,4-11H2,1-3H3,(H2,18,19,20);1H. The molecule has 140 valence electrons. The van der Waals surface area contributed by atoms with Crippen LogP contribution in [0.25, 0.3) is 0 Å². The lowest BCUT2D eigenvalue weighted by molar-refractivity contribution is -0.0284. The number of ether oxygens (including phenoxy) is 2. The van der Waals surface area contributed by atoms with Crippen molar-refractivity contribution in [3.8, 4) is 0 Å². The first-order valence-electron chi connectivity index (χ1n) is 9.10. The highest BCUT2D eigenvalue weighted by Gasteiger charge is 2.41. The van der Waals surface area contributed by atoms with Crippen molar-refractivity contribution in [2.45, 2.75) is 57.5 Å². The van der Waals surface area contributed by atoms with E-state index < -0.39 is 0 Å². The van der Waals surface area contributed by atoms with Crippen LogP contribution in [0.15, 0.2) is 4.99 Å². The number of aliphatic imine (C=N–C) groups is 1. The van der Waals surface area contributed by atoms with Crippen molar-refractivity contribution >= 4 is 29.9 Å². The van der Waals surface area contributed by atoms with Crippen molar-refractivity contribution in [2.75, 3.05) is 39.8 Å². The Kier molecular flexibility index (Phi) is 8.03. The fraction of sp³-hybridized carbons (Fsp3) is 0.941. The van der Waals surface area contributed by atoms with E-state index in [-0.39, 0.29) is 30.1 Å². The van der Waals surface area contributed by atoms with E-state index in [1.807, 2.05) is 7.05 Å². The molecule has 4 unspecified atom stereocenters. The highest BCUT2D eigenvalue weighted by molar-refractivity contribution is 14.0. The number of halogens is 1. The summed E-state index contributed by atoms with van der Waals surface area (Å²) in [4.78, 5) is 6.86. The predicted octanol–water partition coefficient (Wildman–Crippen LogP) is 1.45. The zero-order chi connectivity index (χ0) is 16.2. The van der Waals surface area contributed by atoms with Gasteiger partial charge in [0.25, 0.3) is 0 Å². The van der Waals surface area contributed by atoms with E-state index >= 15 is 0 Å². The van der Waals surface area contributed by atoms with Crippen LogP contribution in [0.5, 0.6) is 0 Å². The molecular formula is C17H33IN4O2. The molecule has 4 atom stereocenters. The molecule has 3 rings (SSSR count). The van der Waals surface area contributed by atoms with Gasteiger partial charge in [-0.05, 0) is 25.2 Å². The molecule has 0 amide bonds. The summed E-state index contributed by atoms with van der Waals surface area (Å²) in [6, 6.07) is 0.407. The number of hydrogen-bond donors (Lipinski definition) is 2. The van der Waals surface area contributed by atoms with E-state index in [4.69, 9.17) is 9.47 Å². The molecule has 0 spiro atoms. The molecule has 2 N–H and O–H groups in total. The maximum atomic E-state index is 5.90. The maximum Gasteiger partial charge on any atom is 0.191 e. The smallest absolute Gasteiger partial charge is 0.191 e. The molecule has 3 aliphatic heterocycles. The monoisotopic (exact) mass is 452 g/mol. The second-order valence-corrected chi connectivity index (χ2v) is 7.46. The largest absolute Gasteiger partial charge is 0.374 e. The van der Waals surface area contributed by atoms with Crippen LogP contribution in [0.2, 0.25) is 0 Å². The number of guanidine groups is 1. The summed E-state index contributed by atoms with van der Waals surface area (Å²) in [5, 5.41) is 6.96. The Labute approximate surface area is 163 Å². The SMILES string of the molecule is CN=C(NCC1CN(CC(C)C)CCO1)NC1CC2CCC1O2.I. The first-order valence-corrected chi connectivity index (χ1v) is 9.10. The van der Waals surface area contributed by atoms with Gasteiger partial charge >= 0.3 is 0 Å². The van der Waals surface area contributed by atoms with E-state index in [0.717, 1.165) is 45.2 Å². The van der Waals surface area contributed by atoms with Gasteiger partial charge in [-0.25, -0.2) is 0 Å². The van der Waals surface area contributed by atoms with Gasteiger partial charge in [0, 0.05) is 33.2 Å². The number of rotatable bonds is 5. The minimum atomic E-state index is 0. The van der Waals surface area contributed by atoms with Crippen LogP contribution in [0.1, 0.15) is 33.1 Å². The van der Waals surface area contributed by atoms with Crippen LogP contribution >= 0.6 is 24.0 Å². The minimum Gasteiger partial charge on any atom is -0.374 e. The summed E-state index contributed by atoms with van der Waals surface area (Å²) in [5.41, 5.74) is 0. The molecule has 3 heterocycles. The van der Waals surface area contributed by atoms with Crippen LogP contribution in [0.4, 0.5) is 0 Å². The molecule has 2 bridgehead atoms. The molecule has 3 saturated heterocycles. The first-order chi connectivity index (χ1) is 11.1. The second kappa shape index (κ2) is 9.54. The predicted molar refractivity (Wildman–Crippen MR) is 107 cm³/mol. The minimum absolute atomic E-state index is 0. The zero-order valence-electron chi connectivity index (χ0n) is 15.2. The van der Waals surface area contributed by atoms with Gasteiger partial charge in [-0.2, -0.15) is 0 Å². The van der Waals surface area contributed by atoms with Gasteiger partial charge in [0.05, 0.1) is 31.0 Å². The summed E-state index contributed by atoms with van der Waals surface area (Å²) in [6.07, 6.45) is 4.56. The van der Waals surface area contributed by atoms with Gasteiger partial charge in [0.2, 0.25) is 0 Å². The van der Waals surface area contributed by atoms with E-state index in [2.05, 4.69) is 34.4 Å². The van der Waals surface area contributed by atoms with Crippen molar-refractivity contribution in [1.29, 1.82) is 0 Å². The summed E-state index contributed by atoms with van der Waals surface area (Å²) in [5.74, 6) is 1.57. The van der Waals surface area contributed by atoms with Gasteiger partial charge < -0.3 is 20.1 Å². The third kappa shape index (κ3) is 5.44. The zero-order valence-corrected chi connectivity index (χ0v) is 17.5. The van der Waals surface area contributed by atoms with E-state index in [0.29, 0.717) is 24.2 Å². The van der Waals surface area contributed by atoms with Crippen molar-refractivity contribution in [2.24, 2.45) is 10.9 Å². The number of fused-ring (bicyclic) bond motifs is 2. The Balaban J connectivity index is 0.00000208. The van der Waals surface area contributed by atoms with E-state index in [9.17, 15) is 0 Å². The Hall–Kier alpha value is -0.120. The average Bonchev–Trinajstić information content (AvgIpc) is 3.13. The van der Waals surface area contributed by atoms with Crippen LogP contribution < -0.4 is 10.6 Å². The van der Waals surface area contributed by atoms with Crippen LogP contribution in [-0.2, 0) is 9.47 Å². The second-order valence-electron chi connectivity index (χ2n) is 7.46. The summed E-state index contributed by atoms with van der Waals surface area (Å²) in [6.45, 7) is 9.36. The molecule has 7 heteroatoms. The van der Waals surface area contributed by atoms with Crippen molar-refractivity contribution in [3.63, 3.8) is 0 Å². The van der Waals surface area contributed by atoms with Crippen molar-refractivity contribution in [3.05, 3.63) is 0 Å². The maximum absolute atomic E-state index is 5.90. The Morgan fingerprint density at radius 2 is 2.17 bits per heavy atom. The average molecular weight is 452 g/mol. The Morgan fingerprint density at radius 1 is 1.33 bits per heavy atom. The van der Waals surface area contributed by atoms with Crippen LogP contribution in [0.3, 0.4) is 0 Å². The lowest BCUT2D eigenvalue weighted by atomic mass is 9.96. The highest BCUT2D eigenvalue weighted by atomic mass is 127. The molecule has 24 heavy (non-hydrogen) atoms. The molecule has 3 fully saturated rings. The number of nitrogens with zero attached hydrogens (tertiary/aromatic N) is 2. The molecule has 0 saturated carbocycles. The molecule has 0 aromatic carbocycles. The fourth-order valence-corrected chi connectivity index (χ4v) is 3.96. The molecule has 0 aromatic rings. The van der Waals surface area contributed by atoms with E-state index in [1.54, 1.807) is 0 Å². The van der Waals surface area contributed by atoms with Gasteiger partial charge in [-0.15, -0.1) is 24.0 Å². The lowest BCUT2D eigenvalue weighted by Crippen LogP contribution is -2.52. The van der Waals surface area contributed by atoms with Gasteiger partial charge in [0.15, 0.2) is 5.96 Å². The molecule has 0 radical (unpaired) electrons. The normalized spacial score (nSPS) is 33.6. The van der Waals surface area contributed by atoms with Crippen molar-refractivity contribution in [1.82, 2.24) is 15.5 Å². The van der Waals surface area contributed by atoms with Gasteiger partial charge in [0.1, 0.15) is 0 Å². The Bertz CT molecular complexity index is 421. The first kappa shape index (κ1) is 20.2. The lowest BCUT2D eigenvalue weighted by Gasteiger charge is -2.34. The molecule has 6 nitrogen and oxygen atoms in total. The summed E-state index contributed by atoms with van der Waals surface area (Å²) >= 11 is 0. The number of morpholine rings is 1. The molecule has 3 aliphatic rings.